The number of H-pyrrole nitrogens is 1. The topological polar surface area (TPSA) is 108 Å². The van der Waals surface area contributed by atoms with Crippen LogP contribution < -0.4 is 16.2 Å². The van der Waals surface area contributed by atoms with E-state index >= 15 is 0 Å². The lowest BCUT2D eigenvalue weighted by atomic mass is 10.2. The summed E-state index contributed by atoms with van der Waals surface area (Å²) in [5.74, 6) is -4.91. The summed E-state index contributed by atoms with van der Waals surface area (Å²) in [5.41, 5.74) is 4.55. The number of nitrogens with two attached hydrogens (primary N) is 1. The average molecular weight is 417 g/mol. The highest BCUT2D eigenvalue weighted by atomic mass is 35.5. The Kier molecular flexibility index (Phi) is 5.57. The van der Waals surface area contributed by atoms with E-state index in [1.807, 2.05) is 0 Å². The van der Waals surface area contributed by atoms with Crippen LogP contribution in [0.4, 0.5) is 19.0 Å². The monoisotopic (exact) mass is 416 g/mol. The summed E-state index contributed by atoms with van der Waals surface area (Å²) in [4.78, 5) is 35.6. The number of nitrogens with zero attached hydrogens (tertiary/aromatic N) is 4. The van der Waals surface area contributed by atoms with E-state index in [2.05, 4.69) is 15.0 Å². The minimum atomic E-state index is -3.21. The Balaban J connectivity index is 1.98. The Morgan fingerprint density at radius 2 is 2.11 bits per heavy atom. The number of aromatic amines is 1. The molecule has 2 aromatic heterocycles. The largest absolute Gasteiger partial charge is 0.369 e. The molecule has 0 aliphatic carbocycles. The van der Waals surface area contributed by atoms with Crippen LogP contribution in [-0.4, -0.2) is 64.4 Å². The zero-order chi connectivity index (χ0) is 20.5. The number of hydrogen-bond donors (Lipinski definition) is 2. The van der Waals surface area contributed by atoms with E-state index in [0.717, 1.165) is 6.07 Å². The van der Waals surface area contributed by atoms with E-state index in [1.165, 1.54) is 22.1 Å². The summed E-state index contributed by atoms with van der Waals surface area (Å²) >= 11 is 6.02. The Morgan fingerprint density at radius 1 is 1.36 bits per heavy atom. The fourth-order valence-corrected chi connectivity index (χ4v) is 3.16. The average Bonchev–Trinajstić information content (AvgIpc) is 2.74. The first kappa shape index (κ1) is 20.1. The van der Waals surface area contributed by atoms with Gasteiger partial charge in [0.25, 0.3) is 11.5 Å². The standard InChI is InChI=1S/C16H16ClF3N6O2/c17-12-14(23-13(24-15(12)28)9-1-2-22-10(18)5-9)26-4-3-25(6-11(21)27)7-16(19,20)8-26/h1-2,5H,3-4,6-8H2,(H2,21,27)(H,23,24,28). The van der Waals surface area contributed by atoms with E-state index in [-0.39, 0.29) is 41.9 Å². The number of hydrogen-bond acceptors (Lipinski definition) is 6. The maximum Gasteiger partial charge on any atom is 0.277 e. The molecule has 0 atom stereocenters. The van der Waals surface area contributed by atoms with Crippen molar-refractivity contribution in [3.63, 3.8) is 0 Å². The molecule has 3 heterocycles. The van der Waals surface area contributed by atoms with Crippen LogP contribution >= 0.6 is 11.6 Å². The van der Waals surface area contributed by atoms with Gasteiger partial charge in [0.1, 0.15) is 10.8 Å². The number of rotatable bonds is 4. The maximum atomic E-state index is 14.4. The molecule has 3 rings (SSSR count). The molecule has 1 aliphatic heterocycles. The molecular weight excluding hydrogens is 401 g/mol. The first-order valence-electron chi connectivity index (χ1n) is 8.20. The van der Waals surface area contributed by atoms with Crippen molar-refractivity contribution in [3.8, 4) is 11.4 Å². The summed E-state index contributed by atoms with van der Waals surface area (Å²) < 4.78 is 42.1. The molecule has 0 bridgehead atoms. The van der Waals surface area contributed by atoms with Gasteiger partial charge in [0.2, 0.25) is 11.9 Å². The fourth-order valence-electron chi connectivity index (χ4n) is 2.96. The van der Waals surface area contributed by atoms with Crippen LogP contribution in [0.3, 0.4) is 0 Å². The predicted molar refractivity (Wildman–Crippen MR) is 95.9 cm³/mol. The van der Waals surface area contributed by atoms with Gasteiger partial charge in [-0.05, 0) is 6.07 Å². The van der Waals surface area contributed by atoms with Crippen LogP contribution in [0.2, 0.25) is 5.02 Å². The predicted octanol–water partition coefficient (Wildman–Crippen LogP) is 0.867. The quantitative estimate of drug-likeness (QED) is 0.716. The third-order valence-corrected chi connectivity index (χ3v) is 4.43. The molecule has 1 amide bonds. The number of amides is 1. The number of anilines is 1. The lowest BCUT2D eigenvalue weighted by molar-refractivity contribution is -0.120. The van der Waals surface area contributed by atoms with Gasteiger partial charge in [-0.25, -0.2) is 18.7 Å². The number of primary amides is 1. The number of pyridine rings is 1. The normalized spacial score (nSPS) is 17.4. The van der Waals surface area contributed by atoms with Crippen molar-refractivity contribution in [2.45, 2.75) is 5.92 Å². The van der Waals surface area contributed by atoms with Crippen molar-refractivity contribution in [2.75, 3.05) is 37.6 Å². The van der Waals surface area contributed by atoms with Crippen molar-refractivity contribution < 1.29 is 18.0 Å². The molecule has 1 fully saturated rings. The smallest absolute Gasteiger partial charge is 0.277 e. The molecule has 1 saturated heterocycles. The van der Waals surface area contributed by atoms with Gasteiger partial charge in [0.15, 0.2) is 5.82 Å². The van der Waals surface area contributed by atoms with Crippen molar-refractivity contribution in [2.24, 2.45) is 5.73 Å². The van der Waals surface area contributed by atoms with E-state index < -0.39 is 36.4 Å². The first-order chi connectivity index (χ1) is 13.1. The SMILES string of the molecule is NC(=O)CN1CCN(c2nc(-c3ccnc(F)c3)[nH]c(=O)c2Cl)CC(F)(F)C1. The Morgan fingerprint density at radius 3 is 2.79 bits per heavy atom. The second-order valence-electron chi connectivity index (χ2n) is 6.37. The number of aromatic nitrogens is 3. The molecule has 8 nitrogen and oxygen atoms in total. The van der Waals surface area contributed by atoms with Gasteiger partial charge in [0.05, 0.1) is 19.6 Å². The Hall–Kier alpha value is -2.66. The van der Waals surface area contributed by atoms with Crippen molar-refractivity contribution in [1.29, 1.82) is 0 Å². The molecule has 3 N–H and O–H groups in total. The molecule has 1 aliphatic rings. The zero-order valence-corrected chi connectivity index (χ0v) is 15.2. The van der Waals surface area contributed by atoms with Crippen molar-refractivity contribution in [1.82, 2.24) is 19.9 Å². The van der Waals surface area contributed by atoms with Gasteiger partial charge in [-0.15, -0.1) is 0 Å². The van der Waals surface area contributed by atoms with Crippen LogP contribution in [-0.2, 0) is 4.79 Å². The highest BCUT2D eigenvalue weighted by Crippen LogP contribution is 2.28. The van der Waals surface area contributed by atoms with Crippen LogP contribution in [0.1, 0.15) is 0 Å². The Labute approximate surface area is 162 Å². The minimum absolute atomic E-state index is 0.0309. The van der Waals surface area contributed by atoms with Crippen LogP contribution in [0, 0.1) is 5.95 Å². The van der Waals surface area contributed by atoms with Crippen LogP contribution in [0.25, 0.3) is 11.4 Å². The minimum Gasteiger partial charge on any atom is -0.369 e. The Bertz CT molecular complexity index is 954. The summed E-state index contributed by atoms with van der Waals surface area (Å²) in [7, 11) is 0. The van der Waals surface area contributed by atoms with E-state index in [4.69, 9.17) is 17.3 Å². The molecular formula is C16H16ClF3N6O2. The van der Waals surface area contributed by atoms with Crippen molar-refractivity contribution >= 4 is 23.3 Å². The highest BCUT2D eigenvalue weighted by Gasteiger charge is 2.38. The number of alkyl halides is 2. The summed E-state index contributed by atoms with van der Waals surface area (Å²) in [6, 6.07) is 2.45. The summed E-state index contributed by atoms with van der Waals surface area (Å²) in [6.07, 6.45) is 1.18. The molecule has 0 radical (unpaired) electrons. The van der Waals surface area contributed by atoms with E-state index in [9.17, 15) is 22.8 Å². The molecule has 0 unspecified atom stereocenters. The number of carbonyl (C=O) groups is 1. The van der Waals surface area contributed by atoms with E-state index in [0.29, 0.717) is 0 Å². The van der Waals surface area contributed by atoms with Gasteiger partial charge >= 0.3 is 0 Å². The third-order valence-electron chi connectivity index (χ3n) is 4.09. The fraction of sp³-hybridized carbons (Fsp3) is 0.375. The zero-order valence-electron chi connectivity index (χ0n) is 14.5. The molecule has 12 heteroatoms. The van der Waals surface area contributed by atoms with Gasteiger partial charge in [-0.2, -0.15) is 4.39 Å². The van der Waals surface area contributed by atoms with E-state index in [1.54, 1.807) is 0 Å². The highest BCUT2D eigenvalue weighted by molar-refractivity contribution is 6.32. The molecule has 0 spiro atoms. The number of nitrogens with one attached hydrogen (secondary N) is 1. The van der Waals surface area contributed by atoms with Gasteiger partial charge in [-0.1, -0.05) is 11.6 Å². The maximum absolute atomic E-state index is 14.4. The summed E-state index contributed by atoms with van der Waals surface area (Å²) in [6.45, 7) is -1.63. The van der Waals surface area contributed by atoms with Crippen molar-refractivity contribution in [3.05, 3.63) is 39.7 Å². The van der Waals surface area contributed by atoms with Crippen LogP contribution in [0.5, 0.6) is 0 Å². The second kappa shape index (κ2) is 7.76. The molecule has 0 aromatic carbocycles. The lowest BCUT2D eigenvalue weighted by Gasteiger charge is -2.25. The molecule has 0 saturated carbocycles. The van der Waals surface area contributed by atoms with Crippen LogP contribution in [0.15, 0.2) is 23.1 Å². The van der Waals surface area contributed by atoms with Gasteiger partial charge in [-0.3, -0.25) is 14.5 Å². The first-order valence-corrected chi connectivity index (χ1v) is 8.57. The molecule has 2 aromatic rings. The third kappa shape index (κ3) is 4.60. The number of halogens is 4. The molecule has 150 valence electrons. The molecule has 28 heavy (non-hydrogen) atoms. The second-order valence-corrected chi connectivity index (χ2v) is 6.75. The lowest BCUT2D eigenvalue weighted by Crippen LogP contribution is -2.42. The van der Waals surface area contributed by atoms with Gasteiger partial charge < -0.3 is 15.6 Å². The van der Waals surface area contributed by atoms with Gasteiger partial charge in [0, 0.05) is 30.9 Å². The number of carbonyl (C=O) groups excluding carboxylic acids is 1. The summed E-state index contributed by atoms with van der Waals surface area (Å²) in [5, 5.41) is -0.363.